The summed E-state index contributed by atoms with van der Waals surface area (Å²) in [5, 5.41) is 0. The second-order valence-corrected chi connectivity index (χ2v) is 8.26. The van der Waals surface area contributed by atoms with Crippen LogP contribution in [0.1, 0.15) is 41.3 Å². The predicted octanol–water partition coefficient (Wildman–Crippen LogP) is 6.81. The summed E-state index contributed by atoms with van der Waals surface area (Å²) >= 11 is 0. The van der Waals surface area contributed by atoms with Gasteiger partial charge in [-0.25, -0.2) is 27.4 Å². The highest BCUT2D eigenvalue weighted by Gasteiger charge is 2.28. The Bertz CT molecular complexity index is 1510. The van der Waals surface area contributed by atoms with E-state index < -0.39 is 40.2 Å². The average molecular weight is 475 g/mol. The molecule has 2 aromatic carbocycles. The van der Waals surface area contributed by atoms with Crippen molar-refractivity contribution in [2.24, 2.45) is 0 Å². The van der Waals surface area contributed by atoms with E-state index in [2.05, 4.69) is 14.8 Å². The molecular formula is C27H17F4N3O. The lowest BCUT2D eigenvalue weighted by molar-refractivity contribution is 0.103. The van der Waals surface area contributed by atoms with Crippen LogP contribution in [-0.2, 0) is 5.41 Å². The SMILES string of the molecule is [C-]#[N+]c1c(F)ccc(-c2cccc(C(C)(C)c3cccc(C(=O)c4ccc(F)cc4F)n3)n2)c1F. The lowest BCUT2D eigenvalue weighted by atomic mass is 9.84. The molecule has 0 bridgehead atoms. The number of hydrogen-bond acceptors (Lipinski definition) is 3. The highest BCUT2D eigenvalue weighted by Crippen LogP contribution is 2.34. The molecule has 4 rings (SSSR count). The molecule has 0 unspecified atom stereocenters. The van der Waals surface area contributed by atoms with Crippen molar-refractivity contribution in [3.63, 3.8) is 0 Å². The Morgan fingerprint density at radius 3 is 2.23 bits per heavy atom. The highest BCUT2D eigenvalue weighted by atomic mass is 19.1. The first kappa shape index (κ1) is 23.8. The lowest BCUT2D eigenvalue weighted by Gasteiger charge is -2.24. The zero-order valence-electron chi connectivity index (χ0n) is 18.6. The molecule has 0 spiro atoms. The lowest BCUT2D eigenvalue weighted by Crippen LogP contribution is -2.23. The Labute approximate surface area is 198 Å². The van der Waals surface area contributed by atoms with Crippen LogP contribution in [0.3, 0.4) is 0 Å². The van der Waals surface area contributed by atoms with Gasteiger partial charge in [-0.3, -0.25) is 9.78 Å². The van der Waals surface area contributed by atoms with Crippen molar-refractivity contribution in [3.8, 4) is 11.3 Å². The number of benzene rings is 2. The summed E-state index contributed by atoms with van der Waals surface area (Å²) in [5.41, 5.74) is -0.885. The van der Waals surface area contributed by atoms with Crippen molar-refractivity contribution >= 4 is 11.5 Å². The first-order valence-corrected chi connectivity index (χ1v) is 10.4. The van der Waals surface area contributed by atoms with Crippen LogP contribution in [0, 0.1) is 29.8 Å². The van der Waals surface area contributed by atoms with Gasteiger partial charge in [0.05, 0.1) is 29.2 Å². The van der Waals surface area contributed by atoms with Gasteiger partial charge in [-0.1, -0.05) is 12.1 Å². The van der Waals surface area contributed by atoms with Crippen molar-refractivity contribution in [3.05, 3.63) is 124 Å². The molecule has 2 aromatic heterocycles. The summed E-state index contributed by atoms with van der Waals surface area (Å²) in [6.07, 6.45) is 0. The molecule has 35 heavy (non-hydrogen) atoms. The molecule has 0 amide bonds. The van der Waals surface area contributed by atoms with Gasteiger partial charge in [0.25, 0.3) is 5.69 Å². The standard InChI is InChI=1S/C27H17F4N3O/c1-27(2,22-8-4-6-20(33-22)17-12-13-18(29)25(32-3)24(17)31)23-9-5-7-21(34-23)26(35)16-11-10-15(28)14-19(16)30/h4-14H,1-2H3. The van der Waals surface area contributed by atoms with E-state index in [0.29, 0.717) is 17.5 Å². The smallest absolute Gasteiger partial charge is 0.257 e. The van der Waals surface area contributed by atoms with Crippen LogP contribution in [0.4, 0.5) is 23.2 Å². The summed E-state index contributed by atoms with van der Waals surface area (Å²) < 4.78 is 55.9. The van der Waals surface area contributed by atoms with Crippen LogP contribution in [0.5, 0.6) is 0 Å². The van der Waals surface area contributed by atoms with E-state index in [-0.39, 0.29) is 22.5 Å². The van der Waals surface area contributed by atoms with E-state index >= 15 is 0 Å². The summed E-state index contributed by atoms with van der Waals surface area (Å²) in [6, 6.07) is 14.5. The maximum atomic E-state index is 14.7. The van der Waals surface area contributed by atoms with E-state index in [9.17, 15) is 22.4 Å². The number of halogens is 4. The molecule has 0 N–H and O–H groups in total. The summed E-state index contributed by atoms with van der Waals surface area (Å²) in [4.78, 5) is 24.7. The number of nitrogens with zero attached hydrogens (tertiary/aromatic N) is 3. The highest BCUT2D eigenvalue weighted by molar-refractivity contribution is 6.07. The van der Waals surface area contributed by atoms with E-state index in [1.165, 1.54) is 18.2 Å². The maximum Gasteiger partial charge on any atom is 0.257 e. The van der Waals surface area contributed by atoms with Crippen LogP contribution >= 0.6 is 0 Å². The second-order valence-electron chi connectivity index (χ2n) is 8.26. The van der Waals surface area contributed by atoms with Crippen LogP contribution in [-0.4, -0.2) is 15.8 Å². The molecule has 2 heterocycles. The van der Waals surface area contributed by atoms with Gasteiger partial charge < -0.3 is 0 Å². The third kappa shape index (κ3) is 4.41. The zero-order valence-corrected chi connectivity index (χ0v) is 18.6. The van der Waals surface area contributed by atoms with Crippen molar-refractivity contribution in [2.75, 3.05) is 0 Å². The van der Waals surface area contributed by atoms with Gasteiger partial charge in [0.2, 0.25) is 5.78 Å². The monoisotopic (exact) mass is 475 g/mol. The van der Waals surface area contributed by atoms with E-state index in [4.69, 9.17) is 6.57 Å². The number of hydrogen-bond donors (Lipinski definition) is 0. The normalized spacial score (nSPS) is 11.2. The first-order valence-electron chi connectivity index (χ1n) is 10.4. The van der Waals surface area contributed by atoms with Crippen LogP contribution in [0.15, 0.2) is 66.7 Å². The molecular weight excluding hydrogens is 458 g/mol. The van der Waals surface area contributed by atoms with Crippen LogP contribution < -0.4 is 0 Å². The Morgan fingerprint density at radius 2 is 1.54 bits per heavy atom. The number of carbonyl (C=O) groups excluding carboxylic acids is 1. The van der Waals surface area contributed by atoms with Crippen LogP contribution in [0.25, 0.3) is 16.1 Å². The quantitative estimate of drug-likeness (QED) is 0.181. The summed E-state index contributed by atoms with van der Waals surface area (Å²) in [6.45, 7) is 10.6. The zero-order chi connectivity index (χ0) is 25.3. The fourth-order valence-electron chi connectivity index (χ4n) is 3.63. The second kappa shape index (κ2) is 9.11. The molecule has 4 aromatic rings. The average Bonchev–Trinajstić information content (AvgIpc) is 2.84. The molecule has 0 atom stereocenters. The van der Waals surface area contributed by atoms with Gasteiger partial charge in [0.15, 0.2) is 0 Å². The third-order valence-corrected chi connectivity index (χ3v) is 5.64. The number of pyridine rings is 2. The topological polar surface area (TPSA) is 47.2 Å². The Kier molecular flexibility index (Phi) is 6.18. The van der Waals surface area contributed by atoms with Gasteiger partial charge in [-0.2, -0.15) is 0 Å². The molecule has 0 saturated heterocycles. The molecule has 0 fully saturated rings. The minimum atomic E-state index is -1.01. The molecule has 4 nitrogen and oxygen atoms in total. The fourth-order valence-corrected chi connectivity index (χ4v) is 3.63. The molecule has 174 valence electrons. The Morgan fingerprint density at radius 1 is 0.857 bits per heavy atom. The Hall–Kier alpha value is -4.38. The van der Waals surface area contributed by atoms with Crippen molar-refractivity contribution in [2.45, 2.75) is 19.3 Å². The molecule has 0 aliphatic rings. The van der Waals surface area contributed by atoms with Crippen molar-refractivity contribution in [1.82, 2.24) is 9.97 Å². The minimum Gasteiger partial charge on any atom is -0.287 e. The van der Waals surface area contributed by atoms with E-state index in [0.717, 1.165) is 18.2 Å². The van der Waals surface area contributed by atoms with Crippen LogP contribution in [0.2, 0.25) is 0 Å². The number of carbonyl (C=O) groups is 1. The van der Waals surface area contributed by atoms with Gasteiger partial charge in [-0.05, 0) is 62.4 Å². The minimum absolute atomic E-state index is 0.0290. The largest absolute Gasteiger partial charge is 0.287 e. The summed E-state index contributed by atoms with van der Waals surface area (Å²) in [5.74, 6) is -4.46. The summed E-state index contributed by atoms with van der Waals surface area (Å²) in [7, 11) is 0. The number of ketones is 1. The third-order valence-electron chi connectivity index (χ3n) is 5.64. The predicted molar refractivity (Wildman–Crippen MR) is 122 cm³/mol. The molecule has 8 heteroatoms. The number of rotatable bonds is 5. The van der Waals surface area contributed by atoms with Gasteiger partial charge in [-0.15, -0.1) is 0 Å². The van der Waals surface area contributed by atoms with E-state index in [1.807, 2.05) is 0 Å². The molecule has 0 saturated carbocycles. The van der Waals surface area contributed by atoms with Gasteiger partial charge in [0, 0.05) is 17.0 Å². The van der Waals surface area contributed by atoms with Gasteiger partial charge >= 0.3 is 0 Å². The number of aromatic nitrogens is 2. The molecule has 0 aliphatic carbocycles. The van der Waals surface area contributed by atoms with E-state index in [1.54, 1.807) is 38.1 Å². The fraction of sp³-hybridized carbons (Fsp3) is 0.111. The molecule has 0 aliphatic heterocycles. The first-order chi connectivity index (χ1) is 16.6. The molecule has 0 radical (unpaired) electrons. The van der Waals surface area contributed by atoms with Crippen molar-refractivity contribution in [1.29, 1.82) is 0 Å². The van der Waals surface area contributed by atoms with Gasteiger partial charge in [0.1, 0.15) is 29.0 Å². The maximum absolute atomic E-state index is 14.7. The van der Waals surface area contributed by atoms with Crippen molar-refractivity contribution < 1.29 is 22.4 Å². The Balaban J connectivity index is 1.74.